The van der Waals surface area contributed by atoms with Gasteiger partial charge in [0.25, 0.3) is 5.91 Å². The summed E-state index contributed by atoms with van der Waals surface area (Å²) in [6, 6.07) is 12.2. The molecule has 2 unspecified atom stereocenters. The van der Waals surface area contributed by atoms with Crippen molar-refractivity contribution >= 4 is 5.91 Å². The van der Waals surface area contributed by atoms with Gasteiger partial charge in [0.15, 0.2) is 11.5 Å². The lowest BCUT2D eigenvalue weighted by molar-refractivity contribution is 0.0907. The minimum absolute atomic E-state index is 0.166. The van der Waals surface area contributed by atoms with E-state index < -0.39 is 17.7 Å². The number of amides is 1. The van der Waals surface area contributed by atoms with Gasteiger partial charge in [-0.15, -0.1) is 0 Å². The highest BCUT2D eigenvalue weighted by Gasteiger charge is 2.46. The van der Waals surface area contributed by atoms with E-state index in [4.69, 9.17) is 0 Å². The predicted molar refractivity (Wildman–Crippen MR) is 123 cm³/mol. The molecule has 4 bridgehead atoms. The van der Waals surface area contributed by atoms with Gasteiger partial charge in [-0.05, 0) is 67.6 Å². The Kier molecular flexibility index (Phi) is 5.25. The second-order valence-corrected chi connectivity index (χ2v) is 10.1. The SMILES string of the molecule is O=C(N[C@H](CO)c1ccccc1)c1nn(-c2ccc(F)cc2F)c2c1C1CC3CC(C1)CC2C3. The van der Waals surface area contributed by atoms with Crippen molar-refractivity contribution in [3.05, 3.63) is 82.7 Å². The van der Waals surface area contributed by atoms with E-state index in [0.29, 0.717) is 17.5 Å². The predicted octanol–water partition coefficient (Wildman–Crippen LogP) is 5.00. The molecular formula is C27H27F2N3O2. The summed E-state index contributed by atoms with van der Waals surface area (Å²) in [5.74, 6) is -0.105. The smallest absolute Gasteiger partial charge is 0.272 e. The molecule has 0 saturated heterocycles. The van der Waals surface area contributed by atoms with Crippen LogP contribution in [0.1, 0.15) is 77.3 Å². The zero-order valence-corrected chi connectivity index (χ0v) is 18.8. The minimum atomic E-state index is -0.696. The number of aliphatic hydroxyl groups excluding tert-OH is 1. The van der Waals surface area contributed by atoms with Crippen molar-refractivity contribution in [2.75, 3.05) is 6.61 Å². The first-order valence-corrected chi connectivity index (χ1v) is 12.1. The largest absolute Gasteiger partial charge is 0.394 e. The Labute approximate surface area is 196 Å². The normalized spacial score (nSPS) is 25.6. The molecule has 1 aromatic heterocycles. The standard InChI is InChI=1S/C27H27F2N3O2/c28-20-6-7-23(21(29)13-20)32-26-19-11-15-8-16(12-19)10-18(9-15)24(26)25(31-32)27(34)30-22(14-33)17-4-2-1-3-5-17/h1-7,13,15-16,18-19,22,33H,8-12,14H2,(H,30,34)/t15?,16?,18?,19?,22-/m1/s1. The lowest BCUT2D eigenvalue weighted by Crippen LogP contribution is -2.32. The van der Waals surface area contributed by atoms with Crippen LogP contribution in [0.15, 0.2) is 48.5 Å². The minimum Gasteiger partial charge on any atom is -0.394 e. The lowest BCUT2D eigenvalue weighted by Gasteiger charge is -2.38. The molecule has 2 fully saturated rings. The molecule has 2 aromatic carbocycles. The number of rotatable bonds is 5. The highest BCUT2D eigenvalue weighted by atomic mass is 19.1. The van der Waals surface area contributed by atoms with Crippen molar-refractivity contribution in [1.82, 2.24) is 15.1 Å². The summed E-state index contributed by atoms with van der Waals surface area (Å²) >= 11 is 0. The number of halogens is 2. The summed E-state index contributed by atoms with van der Waals surface area (Å²) in [5, 5.41) is 17.6. The fourth-order valence-electron chi connectivity index (χ4n) is 6.70. The number of carbonyl (C=O) groups is 1. The molecule has 2 N–H and O–H groups in total. The molecule has 1 amide bonds. The number of hydrogen-bond donors (Lipinski definition) is 2. The molecule has 176 valence electrons. The third-order valence-corrected chi connectivity index (χ3v) is 7.94. The Hall–Kier alpha value is -3.06. The number of aliphatic hydroxyl groups is 1. The third kappa shape index (κ3) is 3.54. The maximum Gasteiger partial charge on any atom is 0.272 e. The first-order valence-electron chi connectivity index (χ1n) is 12.1. The van der Waals surface area contributed by atoms with Crippen molar-refractivity contribution in [1.29, 1.82) is 0 Å². The Morgan fingerprint density at radius 3 is 2.41 bits per heavy atom. The summed E-state index contributed by atoms with van der Waals surface area (Å²) in [4.78, 5) is 13.6. The number of benzene rings is 2. The topological polar surface area (TPSA) is 67.2 Å². The Balaban J connectivity index is 1.46. The van der Waals surface area contributed by atoms with Crippen molar-refractivity contribution < 1.29 is 18.7 Å². The molecule has 34 heavy (non-hydrogen) atoms. The second kappa shape index (κ2) is 8.31. The number of aromatic nitrogens is 2. The van der Waals surface area contributed by atoms with E-state index in [2.05, 4.69) is 10.4 Å². The number of hydrogen-bond acceptors (Lipinski definition) is 3. The molecular weight excluding hydrogens is 436 g/mol. The van der Waals surface area contributed by atoms with Crippen LogP contribution >= 0.6 is 0 Å². The van der Waals surface area contributed by atoms with E-state index in [9.17, 15) is 18.7 Å². The van der Waals surface area contributed by atoms with Gasteiger partial charge in [0.1, 0.15) is 11.5 Å². The van der Waals surface area contributed by atoms with Crippen LogP contribution in [0.2, 0.25) is 0 Å². The van der Waals surface area contributed by atoms with Crippen LogP contribution in [-0.2, 0) is 0 Å². The zero-order chi connectivity index (χ0) is 23.4. The van der Waals surface area contributed by atoms with E-state index in [1.165, 1.54) is 18.6 Å². The Bertz CT molecular complexity index is 1230. The van der Waals surface area contributed by atoms with E-state index in [1.54, 1.807) is 4.68 Å². The molecule has 0 radical (unpaired) electrons. The number of nitrogens with one attached hydrogen (secondary N) is 1. The molecule has 7 rings (SSSR count). The average Bonchev–Trinajstić information content (AvgIpc) is 3.14. The summed E-state index contributed by atoms with van der Waals surface area (Å²) < 4.78 is 30.1. The van der Waals surface area contributed by atoms with Crippen LogP contribution in [0.3, 0.4) is 0 Å². The van der Waals surface area contributed by atoms with Crippen LogP contribution in [0.4, 0.5) is 8.78 Å². The Morgan fingerprint density at radius 2 is 1.74 bits per heavy atom. The van der Waals surface area contributed by atoms with Gasteiger partial charge in [0.05, 0.1) is 18.3 Å². The molecule has 0 spiro atoms. The van der Waals surface area contributed by atoms with Crippen molar-refractivity contribution in [3.8, 4) is 5.69 Å². The molecule has 2 saturated carbocycles. The number of nitrogens with zero attached hydrogens (tertiary/aromatic N) is 2. The van der Waals surface area contributed by atoms with Gasteiger partial charge in [-0.2, -0.15) is 5.10 Å². The van der Waals surface area contributed by atoms with Gasteiger partial charge in [-0.3, -0.25) is 4.79 Å². The number of carbonyl (C=O) groups excluding carboxylic acids is 1. The summed E-state index contributed by atoms with van der Waals surface area (Å²) in [6.07, 6.45) is 5.27. The summed E-state index contributed by atoms with van der Waals surface area (Å²) in [7, 11) is 0. The average molecular weight is 464 g/mol. The molecule has 3 atom stereocenters. The fourth-order valence-corrected chi connectivity index (χ4v) is 6.70. The zero-order valence-electron chi connectivity index (χ0n) is 18.8. The van der Waals surface area contributed by atoms with Crippen LogP contribution in [0.5, 0.6) is 0 Å². The monoisotopic (exact) mass is 463 g/mol. The Morgan fingerprint density at radius 1 is 1.03 bits per heavy atom. The molecule has 0 aliphatic heterocycles. The molecule has 7 heteroatoms. The third-order valence-electron chi connectivity index (χ3n) is 7.94. The maximum absolute atomic E-state index is 14.9. The van der Waals surface area contributed by atoms with Gasteiger partial charge in [-0.25, -0.2) is 13.5 Å². The van der Waals surface area contributed by atoms with Gasteiger partial charge < -0.3 is 10.4 Å². The van der Waals surface area contributed by atoms with Crippen LogP contribution in [0, 0.1) is 23.5 Å². The molecule has 3 aromatic rings. The van der Waals surface area contributed by atoms with Crippen molar-refractivity contribution in [2.45, 2.75) is 50.0 Å². The van der Waals surface area contributed by atoms with Crippen molar-refractivity contribution in [3.63, 3.8) is 0 Å². The van der Waals surface area contributed by atoms with E-state index in [-0.39, 0.29) is 30.0 Å². The summed E-state index contributed by atoms with van der Waals surface area (Å²) in [5.41, 5.74) is 3.09. The van der Waals surface area contributed by atoms with Gasteiger partial charge >= 0.3 is 0 Å². The van der Waals surface area contributed by atoms with Crippen LogP contribution in [0.25, 0.3) is 5.69 Å². The second-order valence-electron chi connectivity index (χ2n) is 10.1. The van der Waals surface area contributed by atoms with Crippen molar-refractivity contribution in [2.24, 2.45) is 11.8 Å². The van der Waals surface area contributed by atoms with Gasteiger partial charge in [0, 0.05) is 17.5 Å². The first-order chi connectivity index (χ1) is 16.5. The molecule has 4 aliphatic rings. The summed E-state index contributed by atoms with van der Waals surface area (Å²) in [6.45, 7) is -0.249. The molecule has 4 aliphatic carbocycles. The van der Waals surface area contributed by atoms with Crippen LogP contribution < -0.4 is 5.32 Å². The molecule has 5 nitrogen and oxygen atoms in total. The van der Waals surface area contributed by atoms with E-state index >= 15 is 0 Å². The van der Waals surface area contributed by atoms with E-state index in [1.807, 2.05) is 30.3 Å². The first kappa shape index (κ1) is 21.5. The van der Waals surface area contributed by atoms with E-state index in [0.717, 1.165) is 48.6 Å². The molecule has 1 heterocycles. The lowest BCUT2D eigenvalue weighted by atomic mass is 9.67. The highest BCUT2D eigenvalue weighted by Crippen LogP contribution is 2.57. The fraction of sp³-hybridized carbons (Fsp3) is 0.407. The van der Waals surface area contributed by atoms with Gasteiger partial charge in [0.2, 0.25) is 0 Å². The maximum atomic E-state index is 14.9. The van der Waals surface area contributed by atoms with Gasteiger partial charge in [-0.1, -0.05) is 30.3 Å². The highest BCUT2D eigenvalue weighted by molar-refractivity contribution is 5.94. The van der Waals surface area contributed by atoms with Crippen LogP contribution in [-0.4, -0.2) is 27.4 Å². The quantitative estimate of drug-likeness (QED) is 0.559.